The fourth-order valence-corrected chi connectivity index (χ4v) is 3.79. The molecule has 0 aromatic heterocycles. The zero-order valence-electron chi connectivity index (χ0n) is 11.7. The Morgan fingerprint density at radius 3 is 2.22 bits per heavy atom. The first-order valence-electron chi connectivity index (χ1n) is 7.92. The van der Waals surface area contributed by atoms with Gasteiger partial charge in [0.2, 0.25) is 0 Å². The van der Waals surface area contributed by atoms with Gasteiger partial charge in [0, 0.05) is 11.4 Å². The molecule has 2 nitrogen and oxygen atoms in total. The van der Waals surface area contributed by atoms with E-state index >= 15 is 0 Å². The first-order chi connectivity index (χ1) is 8.90. The second-order valence-corrected chi connectivity index (χ2v) is 6.71. The van der Waals surface area contributed by atoms with E-state index in [4.69, 9.17) is 0 Å². The number of hydrogen-bond donors (Lipinski definition) is 0. The lowest BCUT2D eigenvalue weighted by atomic mass is 10.00. The lowest BCUT2D eigenvalue weighted by Gasteiger charge is -2.40. The number of piperidine rings is 2. The Balaban J connectivity index is 1.58. The average molecular weight is 317 g/mol. The van der Waals surface area contributed by atoms with Crippen molar-refractivity contribution in [3.05, 3.63) is 0 Å². The standard InChI is InChI=1S/C15H29BrN2/c16-9-3-1-4-10-17-13-7-15(8-14-17)18-11-5-2-6-12-18/h15H,1-14H2. The molecule has 2 aliphatic heterocycles. The molecular weight excluding hydrogens is 288 g/mol. The van der Waals surface area contributed by atoms with Crippen LogP contribution in [0.5, 0.6) is 0 Å². The third kappa shape index (κ3) is 4.82. The van der Waals surface area contributed by atoms with Crippen molar-refractivity contribution >= 4 is 15.9 Å². The van der Waals surface area contributed by atoms with Gasteiger partial charge in [0.1, 0.15) is 0 Å². The van der Waals surface area contributed by atoms with Crippen LogP contribution in [0, 0.1) is 0 Å². The number of halogens is 1. The fraction of sp³-hybridized carbons (Fsp3) is 1.00. The van der Waals surface area contributed by atoms with Gasteiger partial charge in [-0.05, 0) is 71.2 Å². The largest absolute Gasteiger partial charge is 0.303 e. The molecule has 0 spiro atoms. The van der Waals surface area contributed by atoms with Gasteiger partial charge < -0.3 is 9.80 Å². The van der Waals surface area contributed by atoms with E-state index < -0.39 is 0 Å². The zero-order chi connectivity index (χ0) is 12.6. The summed E-state index contributed by atoms with van der Waals surface area (Å²) in [5.41, 5.74) is 0. The Hall–Kier alpha value is 0.400. The molecule has 0 aromatic carbocycles. The van der Waals surface area contributed by atoms with Crippen LogP contribution in [0.2, 0.25) is 0 Å². The fourth-order valence-electron chi connectivity index (χ4n) is 3.40. The maximum atomic E-state index is 3.51. The zero-order valence-corrected chi connectivity index (χ0v) is 13.3. The maximum absolute atomic E-state index is 3.51. The van der Waals surface area contributed by atoms with Crippen molar-refractivity contribution in [3.8, 4) is 0 Å². The van der Waals surface area contributed by atoms with Crippen LogP contribution < -0.4 is 0 Å². The third-order valence-electron chi connectivity index (χ3n) is 4.57. The number of likely N-dealkylation sites (tertiary alicyclic amines) is 2. The molecule has 2 fully saturated rings. The molecule has 0 unspecified atom stereocenters. The summed E-state index contributed by atoms with van der Waals surface area (Å²) in [7, 11) is 0. The number of nitrogens with zero attached hydrogens (tertiary/aromatic N) is 2. The molecule has 0 amide bonds. The molecule has 2 rings (SSSR count). The molecule has 0 N–H and O–H groups in total. The van der Waals surface area contributed by atoms with Gasteiger partial charge in [-0.3, -0.25) is 0 Å². The van der Waals surface area contributed by atoms with E-state index in [9.17, 15) is 0 Å². The predicted octanol–water partition coefficient (Wildman–Crippen LogP) is 3.50. The SMILES string of the molecule is BrCCCCCN1CCC(N2CCCCC2)CC1. The summed E-state index contributed by atoms with van der Waals surface area (Å²) in [6, 6.07) is 0.907. The van der Waals surface area contributed by atoms with Gasteiger partial charge in [-0.2, -0.15) is 0 Å². The van der Waals surface area contributed by atoms with Crippen LogP contribution in [0.25, 0.3) is 0 Å². The van der Waals surface area contributed by atoms with E-state index in [2.05, 4.69) is 25.7 Å². The minimum absolute atomic E-state index is 0.907. The molecule has 0 atom stereocenters. The van der Waals surface area contributed by atoms with Gasteiger partial charge in [0.25, 0.3) is 0 Å². The lowest BCUT2D eigenvalue weighted by molar-refractivity contribution is 0.0919. The molecule has 2 heterocycles. The molecule has 18 heavy (non-hydrogen) atoms. The number of unbranched alkanes of at least 4 members (excludes halogenated alkanes) is 2. The average Bonchev–Trinajstić information content (AvgIpc) is 2.45. The highest BCUT2D eigenvalue weighted by molar-refractivity contribution is 9.09. The van der Waals surface area contributed by atoms with Crippen molar-refractivity contribution in [2.75, 3.05) is 38.1 Å². The Morgan fingerprint density at radius 2 is 1.56 bits per heavy atom. The van der Waals surface area contributed by atoms with E-state index in [1.54, 1.807) is 0 Å². The monoisotopic (exact) mass is 316 g/mol. The molecule has 106 valence electrons. The highest BCUT2D eigenvalue weighted by atomic mass is 79.9. The molecule has 3 heteroatoms. The Labute approximate surface area is 121 Å². The van der Waals surface area contributed by atoms with E-state index in [1.165, 1.54) is 89.4 Å². The Morgan fingerprint density at radius 1 is 0.833 bits per heavy atom. The third-order valence-corrected chi connectivity index (χ3v) is 5.13. The Bertz CT molecular complexity index is 209. The van der Waals surface area contributed by atoms with Crippen molar-refractivity contribution in [2.45, 2.75) is 57.4 Å². The van der Waals surface area contributed by atoms with Gasteiger partial charge in [0.15, 0.2) is 0 Å². The second kappa shape index (κ2) is 8.55. The van der Waals surface area contributed by atoms with Gasteiger partial charge in [-0.15, -0.1) is 0 Å². The van der Waals surface area contributed by atoms with Crippen LogP contribution in [0.1, 0.15) is 51.4 Å². The summed E-state index contributed by atoms with van der Waals surface area (Å²) in [5, 5.41) is 1.17. The highest BCUT2D eigenvalue weighted by Crippen LogP contribution is 2.21. The molecule has 0 saturated carbocycles. The molecule has 0 radical (unpaired) electrons. The molecule has 0 aliphatic carbocycles. The number of rotatable bonds is 6. The first-order valence-corrected chi connectivity index (χ1v) is 9.04. The maximum Gasteiger partial charge on any atom is 0.0120 e. The smallest absolute Gasteiger partial charge is 0.0120 e. The summed E-state index contributed by atoms with van der Waals surface area (Å²) in [5.74, 6) is 0. The molecular formula is C15H29BrN2. The number of alkyl halides is 1. The van der Waals surface area contributed by atoms with Crippen LogP contribution in [0.3, 0.4) is 0 Å². The molecule has 0 aromatic rings. The molecule has 0 bridgehead atoms. The van der Waals surface area contributed by atoms with Gasteiger partial charge >= 0.3 is 0 Å². The number of hydrogen-bond acceptors (Lipinski definition) is 2. The van der Waals surface area contributed by atoms with Crippen LogP contribution in [0.4, 0.5) is 0 Å². The second-order valence-electron chi connectivity index (χ2n) is 5.92. The van der Waals surface area contributed by atoms with E-state index in [0.717, 1.165) is 6.04 Å². The van der Waals surface area contributed by atoms with Gasteiger partial charge in [-0.25, -0.2) is 0 Å². The van der Waals surface area contributed by atoms with E-state index in [-0.39, 0.29) is 0 Å². The first kappa shape index (κ1) is 14.8. The normalized spacial score (nSPS) is 24.5. The summed E-state index contributed by atoms with van der Waals surface area (Å²) in [6.07, 6.45) is 11.3. The Kier molecular flexibility index (Phi) is 7.03. The molecule has 2 aliphatic rings. The lowest BCUT2D eigenvalue weighted by Crippen LogP contribution is -2.46. The van der Waals surface area contributed by atoms with Crippen molar-refractivity contribution in [1.82, 2.24) is 9.80 Å². The summed E-state index contributed by atoms with van der Waals surface area (Å²) in [4.78, 5) is 5.46. The summed E-state index contributed by atoms with van der Waals surface area (Å²) in [6.45, 7) is 6.76. The van der Waals surface area contributed by atoms with Crippen LogP contribution in [0.15, 0.2) is 0 Å². The van der Waals surface area contributed by atoms with E-state index in [1.807, 2.05) is 0 Å². The minimum Gasteiger partial charge on any atom is -0.303 e. The van der Waals surface area contributed by atoms with Crippen LogP contribution in [-0.2, 0) is 0 Å². The van der Waals surface area contributed by atoms with Crippen molar-refractivity contribution in [3.63, 3.8) is 0 Å². The summed E-state index contributed by atoms with van der Waals surface area (Å²) < 4.78 is 0. The minimum atomic E-state index is 0.907. The highest BCUT2D eigenvalue weighted by Gasteiger charge is 2.24. The van der Waals surface area contributed by atoms with Crippen molar-refractivity contribution in [2.24, 2.45) is 0 Å². The molecule has 2 saturated heterocycles. The van der Waals surface area contributed by atoms with Crippen molar-refractivity contribution in [1.29, 1.82) is 0 Å². The van der Waals surface area contributed by atoms with Crippen molar-refractivity contribution < 1.29 is 0 Å². The van der Waals surface area contributed by atoms with Crippen LogP contribution in [-0.4, -0.2) is 53.9 Å². The van der Waals surface area contributed by atoms with Crippen LogP contribution >= 0.6 is 15.9 Å². The van der Waals surface area contributed by atoms with Gasteiger partial charge in [-0.1, -0.05) is 28.8 Å². The van der Waals surface area contributed by atoms with Gasteiger partial charge in [0.05, 0.1) is 0 Å². The van der Waals surface area contributed by atoms with E-state index in [0.29, 0.717) is 0 Å². The quantitative estimate of drug-likeness (QED) is 0.546. The summed E-state index contributed by atoms with van der Waals surface area (Å²) >= 11 is 3.51. The topological polar surface area (TPSA) is 6.48 Å². The predicted molar refractivity (Wildman–Crippen MR) is 82.5 cm³/mol.